The molecule has 6 heteroatoms. The summed E-state index contributed by atoms with van der Waals surface area (Å²) < 4.78 is 45.5. The maximum Gasteiger partial charge on any atom is 0.297 e. The van der Waals surface area contributed by atoms with Gasteiger partial charge in [0.15, 0.2) is 0 Å². The van der Waals surface area contributed by atoms with Gasteiger partial charge in [0.05, 0.1) is 24.7 Å². The van der Waals surface area contributed by atoms with Crippen molar-refractivity contribution < 1.29 is 22.1 Å². The van der Waals surface area contributed by atoms with Gasteiger partial charge in [-0.1, -0.05) is 139 Å². The molecule has 5 rings (SSSR count). The molecule has 214 valence electrons. The lowest BCUT2D eigenvalue weighted by molar-refractivity contribution is -0.0556. The van der Waals surface area contributed by atoms with Crippen molar-refractivity contribution in [1.82, 2.24) is 0 Å². The van der Waals surface area contributed by atoms with Gasteiger partial charge in [-0.3, -0.25) is 4.18 Å². The van der Waals surface area contributed by atoms with Crippen molar-refractivity contribution in [3.05, 3.63) is 173 Å². The summed E-state index contributed by atoms with van der Waals surface area (Å²) in [4.78, 5) is 0.0848. The van der Waals surface area contributed by atoms with Crippen LogP contribution in [0.25, 0.3) is 0 Å². The molecule has 0 aliphatic heterocycles. The molecular formula is C36H34O5S. The first-order valence-electron chi connectivity index (χ1n) is 13.9. The minimum Gasteiger partial charge on any atom is -0.374 e. The average Bonchev–Trinajstić information content (AvgIpc) is 3.03. The van der Waals surface area contributed by atoms with Crippen LogP contribution in [0.3, 0.4) is 0 Å². The molecule has 0 aromatic heterocycles. The summed E-state index contributed by atoms with van der Waals surface area (Å²) in [5.74, 6) is 0. The predicted octanol–water partition coefficient (Wildman–Crippen LogP) is 7.29. The largest absolute Gasteiger partial charge is 0.374 e. The van der Waals surface area contributed by atoms with Crippen LogP contribution in [0, 0.1) is 6.92 Å². The fourth-order valence-electron chi connectivity index (χ4n) is 4.91. The van der Waals surface area contributed by atoms with E-state index >= 15 is 0 Å². The summed E-state index contributed by atoms with van der Waals surface area (Å²) in [7, 11) is -4.09. The van der Waals surface area contributed by atoms with Crippen molar-refractivity contribution in [2.75, 3.05) is 13.2 Å². The fraction of sp³-hybridized carbons (Fsp3) is 0.167. The highest BCUT2D eigenvalue weighted by atomic mass is 32.2. The van der Waals surface area contributed by atoms with E-state index < -0.39 is 21.8 Å². The van der Waals surface area contributed by atoms with E-state index in [2.05, 4.69) is 0 Å². The van der Waals surface area contributed by atoms with Crippen molar-refractivity contribution in [3.63, 3.8) is 0 Å². The molecule has 42 heavy (non-hydrogen) atoms. The van der Waals surface area contributed by atoms with Gasteiger partial charge < -0.3 is 9.47 Å². The van der Waals surface area contributed by atoms with Crippen molar-refractivity contribution >= 4 is 10.1 Å². The van der Waals surface area contributed by atoms with Gasteiger partial charge in [-0.2, -0.15) is 8.42 Å². The molecule has 0 amide bonds. The fourth-order valence-corrected chi connectivity index (χ4v) is 5.96. The van der Waals surface area contributed by atoms with Gasteiger partial charge in [0.2, 0.25) is 0 Å². The SMILES string of the molecule is Cc1ccc(S(=O)(=O)OC(COCc2ccccc2)COC(c2ccccc2)(c2ccccc2)c2ccccc2)cc1. The number of hydrogen-bond acceptors (Lipinski definition) is 5. The summed E-state index contributed by atoms with van der Waals surface area (Å²) in [6.45, 7) is 2.17. The maximum atomic E-state index is 13.4. The molecular weight excluding hydrogens is 544 g/mol. The van der Waals surface area contributed by atoms with Gasteiger partial charge in [0, 0.05) is 0 Å². The van der Waals surface area contributed by atoms with Crippen molar-refractivity contribution in [2.24, 2.45) is 0 Å². The van der Waals surface area contributed by atoms with Crippen LogP contribution in [-0.2, 0) is 36.0 Å². The third-order valence-corrected chi connectivity index (χ3v) is 8.39. The molecule has 0 heterocycles. The number of aryl methyl sites for hydroxylation is 1. The second-order valence-electron chi connectivity index (χ2n) is 10.1. The van der Waals surface area contributed by atoms with Gasteiger partial charge in [0.25, 0.3) is 10.1 Å². The summed E-state index contributed by atoms with van der Waals surface area (Å²) in [5, 5.41) is 0. The lowest BCUT2D eigenvalue weighted by Crippen LogP contribution is -2.38. The quantitative estimate of drug-likeness (QED) is 0.108. The van der Waals surface area contributed by atoms with E-state index in [-0.39, 0.29) is 18.1 Å². The lowest BCUT2D eigenvalue weighted by Gasteiger charge is -2.37. The zero-order valence-corrected chi connectivity index (χ0v) is 24.3. The molecule has 0 aliphatic rings. The standard InChI is InChI=1S/C36H34O5S/c1-29-22-24-35(25-23-29)42(37,38)41-34(27-39-26-30-14-6-2-7-15-30)28-40-36(31-16-8-3-9-17-31,32-18-10-4-11-19-32)33-20-12-5-13-21-33/h2-25,34H,26-28H2,1H3. The van der Waals surface area contributed by atoms with E-state index in [1.54, 1.807) is 24.3 Å². The molecule has 0 saturated carbocycles. The van der Waals surface area contributed by atoms with E-state index in [0.29, 0.717) is 6.61 Å². The topological polar surface area (TPSA) is 61.8 Å². The van der Waals surface area contributed by atoms with E-state index in [0.717, 1.165) is 27.8 Å². The molecule has 0 radical (unpaired) electrons. The molecule has 0 bridgehead atoms. The molecule has 5 aromatic rings. The van der Waals surface area contributed by atoms with Crippen LogP contribution in [0.2, 0.25) is 0 Å². The van der Waals surface area contributed by atoms with Crippen molar-refractivity contribution in [3.8, 4) is 0 Å². The molecule has 1 atom stereocenters. The van der Waals surface area contributed by atoms with Crippen LogP contribution in [-0.4, -0.2) is 27.7 Å². The Morgan fingerprint density at radius 1 is 0.595 bits per heavy atom. The van der Waals surface area contributed by atoms with Gasteiger partial charge >= 0.3 is 0 Å². The van der Waals surface area contributed by atoms with Crippen molar-refractivity contribution in [2.45, 2.75) is 30.1 Å². The summed E-state index contributed by atoms with van der Waals surface area (Å²) >= 11 is 0. The van der Waals surface area contributed by atoms with E-state index in [1.165, 1.54) is 0 Å². The van der Waals surface area contributed by atoms with Gasteiger partial charge in [-0.05, 0) is 41.3 Å². The van der Waals surface area contributed by atoms with Crippen LogP contribution in [0.15, 0.2) is 150 Å². The first-order valence-corrected chi connectivity index (χ1v) is 15.3. The Labute approximate surface area is 248 Å². The molecule has 0 fully saturated rings. The smallest absolute Gasteiger partial charge is 0.297 e. The maximum absolute atomic E-state index is 13.4. The van der Waals surface area contributed by atoms with Crippen LogP contribution < -0.4 is 0 Å². The molecule has 0 spiro atoms. The van der Waals surface area contributed by atoms with Gasteiger partial charge in [-0.25, -0.2) is 0 Å². The highest BCUT2D eigenvalue weighted by Crippen LogP contribution is 2.40. The first-order chi connectivity index (χ1) is 20.5. The zero-order chi connectivity index (χ0) is 29.3. The van der Waals surface area contributed by atoms with Gasteiger partial charge in [0.1, 0.15) is 11.7 Å². The summed E-state index contributed by atoms with van der Waals surface area (Å²) in [6.07, 6.45) is -0.921. The van der Waals surface area contributed by atoms with Crippen LogP contribution in [0.1, 0.15) is 27.8 Å². The molecule has 5 nitrogen and oxygen atoms in total. The Balaban J connectivity index is 1.49. The van der Waals surface area contributed by atoms with Crippen LogP contribution in [0.4, 0.5) is 0 Å². The van der Waals surface area contributed by atoms with E-state index in [1.807, 2.05) is 128 Å². The minimum atomic E-state index is -4.09. The number of rotatable bonds is 13. The number of benzene rings is 5. The normalized spacial score (nSPS) is 12.6. The molecule has 0 saturated heterocycles. The Bertz CT molecular complexity index is 1530. The Morgan fingerprint density at radius 3 is 1.52 bits per heavy atom. The van der Waals surface area contributed by atoms with Gasteiger partial charge in [-0.15, -0.1) is 0 Å². The third kappa shape index (κ3) is 7.04. The zero-order valence-electron chi connectivity index (χ0n) is 23.5. The minimum absolute atomic E-state index is 0.00837. The highest BCUT2D eigenvalue weighted by Gasteiger charge is 2.39. The Morgan fingerprint density at radius 2 is 1.05 bits per heavy atom. The Kier molecular flexibility index (Phi) is 9.62. The summed E-state index contributed by atoms with van der Waals surface area (Å²) in [6, 6.07) is 46.1. The second kappa shape index (κ2) is 13.7. The second-order valence-corrected chi connectivity index (χ2v) is 11.6. The van der Waals surface area contributed by atoms with E-state index in [9.17, 15) is 8.42 Å². The molecule has 0 N–H and O–H groups in total. The highest BCUT2D eigenvalue weighted by molar-refractivity contribution is 7.86. The number of ether oxygens (including phenoxy) is 2. The van der Waals surface area contributed by atoms with Crippen LogP contribution in [0.5, 0.6) is 0 Å². The average molecular weight is 579 g/mol. The first kappa shape index (κ1) is 29.4. The third-order valence-electron chi connectivity index (χ3n) is 7.01. The van der Waals surface area contributed by atoms with E-state index in [4.69, 9.17) is 13.7 Å². The monoisotopic (exact) mass is 578 g/mol. The number of hydrogen-bond donors (Lipinski definition) is 0. The molecule has 5 aromatic carbocycles. The van der Waals surface area contributed by atoms with Crippen LogP contribution >= 0.6 is 0 Å². The summed E-state index contributed by atoms with van der Waals surface area (Å²) in [5.41, 5.74) is 3.63. The Hall–Kier alpha value is -4.07. The predicted molar refractivity (Wildman–Crippen MR) is 164 cm³/mol. The lowest BCUT2D eigenvalue weighted by atomic mass is 9.80. The molecule has 0 aliphatic carbocycles. The molecule has 1 unspecified atom stereocenters. The van der Waals surface area contributed by atoms with Crippen molar-refractivity contribution in [1.29, 1.82) is 0 Å².